The van der Waals surface area contributed by atoms with Crippen LogP contribution >= 0.6 is 24.0 Å². The van der Waals surface area contributed by atoms with Crippen LogP contribution in [0.2, 0.25) is 5.02 Å². The molecule has 1 saturated heterocycles. The molecule has 1 aromatic rings. The van der Waals surface area contributed by atoms with Gasteiger partial charge in [-0.2, -0.15) is 0 Å². The summed E-state index contributed by atoms with van der Waals surface area (Å²) in [5.41, 5.74) is 0.698. The molecule has 1 heterocycles. The molecule has 5 heteroatoms. The monoisotopic (exact) mass is 288 g/mol. The molecule has 0 aliphatic carbocycles. The maximum atomic E-state index is 11.7. The standard InChI is InChI=1S/C13H17ClN2O.ClH/c14-11-3-1-2-4-12(11)16-13(17)6-5-10-7-8-15-9-10;/h1-4,10,15H,5-9H2,(H,16,17);1H. The van der Waals surface area contributed by atoms with E-state index < -0.39 is 0 Å². The van der Waals surface area contributed by atoms with Crippen LogP contribution in [0.25, 0.3) is 0 Å². The van der Waals surface area contributed by atoms with Crippen LogP contribution in [-0.4, -0.2) is 19.0 Å². The molecular formula is C13H18Cl2N2O. The van der Waals surface area contributed by atoms with E-state index >= 15 is 0 Å². The van der Waals surface area contributed by atoms with Crippen LogP contribution in [0.1, 0.15) is 19.3 Å². The smallest absolute Gasteiger partial charge is 0.224 e. The predicted octanol–water partition coefficient (Wildman–Crippen LogP) is 3.09. The van der Waals surface area contributed by atoms with Crippen molar-refractivity contribution < 1.29 is 4.79 Å². The quantitative estimate of drug-likeness (QED) is 0.894. The summed E-state index contributed by atoms with van der Waals surface area (Å²) in [6.45, 7) is 2.12. The van der Waals surface area contributed by atoms with Gasteiger partial charge in [0.15, 0.2) is 0 Å². The molecule has 0 radical (unpaired) electrons. The Hall–Kier alpha value is -0.770. The molecular weight excluding hydrogens is 271 g/mol. The highest BCUT2D eigenvalue weighted by Crippen LogP contribution is 2.21. The molecule has 18 heavy (non-hydrogen) atoms. The molecule has 2 rings (SSSR count). The highest BCUT2D eigenvalue weighted by Gasteiger charge is 2.15. The number of nitrogens with one attached hydrogen (secondary N) is 2. The van der Waals surface area contributed by atoms with Gasteiger partial charge >= 0.3 is 0 Å². The van der Waals surface area contributed by atoms with Crippen molar-refractivity contribution in [3.8, 4) is 0 Å². The second-order valence-electron chi connectivity index (χ2n) is 4.43. The number of anilines is 1. The van der Waals surface area contributed by atoms with E-state index in [4.69, 9.17) is 11.6 Å². The Morgan fingerprint density at radius 1 is 1.44 bits per heavy atom. The fraction of sp³-hybridized carbons (Fsp3) is 0.462. The lowest BCUT2D eigenvalue weighted by Crippen LogP contribution is -2.15. The Balaban J connectivity index is 0.00000162. The molecule has 1 aromatic carbocycles. The molecule has 1 aliphatic heterocycles. The van der Waals surface area contributed by atoms with E-state index in [1.165, 1.54) is 6.42 Å². The van der Waals surface area contributed by atoms with Crippen molar-refractivity contribution in [1.82, 2.24) is 5.32 Å². The Kier molecular flexibility index (Phi) is 6.47. The number of halogens is 2. The molecule has 1 aliphatic rings. The first-order valence-electron chi connectivity index (χ1n) is 6.01. The molecule has 0 spiro atoms. The minimum atomic E-state index is 0. The maximum absolute atomic E-state index is 11.7. The van der Waals surface area contributed by atoms with E-state index in [1.54, 1.807) is 6.07 Å². The fourth-order valence-electron chi connectivity index (χ4n) is 2.07. The molecule has 0 saturated carbocycles. The molecule has 3 nitrogen and oxygen atoms in total. The van der Waals surface area contributed by atoms with Crippen LogP contribution in [0.5, 0.6) is 0 Å². The van der Waals surface area contributed by atoms with Crippen LogP contribution in [0.15, 0.2) is 24.3 Å². The molecule has 1 amide bonds. The summed E-state index contributed by atoms with van der Waals surface area (Å²) < 4.78 is 0. The third-order valence-electron chi connectivity index (χ3n) is 3.09. The van der Waals surface area contributed by atoms with Gasteiger partial charge < -0.3 is 10.6 Å². The van der Waals surface area contributed by atoms with Crippen molar-refractivity contribution in [3.05, 3.63) is 29.3 Å². The Bertz CT molecular complexity index is 392. The molecule has 0 bridgehead atoms. The van der Waals surface area contributed by atoms with E-state index in [0.29, 0.717) is 23.0 Å². The van der Waals surface area contributed by atoms with Gasteiger partial charge in [0.1, 0.15) is 0 Å². The SMILES string of the molecule is Cl.O=C(CCC1CCNC1)Nc1ccccc1Cl. The lowest BCUT2D eigenvalue weighted by Gasteiger charge is -2.09. The number of carbonyl (C=O) groups excluding carboxylic acids is 1. The molecule has 100 valence electrons. The van der Waals surface area contributed by atoms with Gasteiger partial charge in [0, 0.05) is 6.42 Å². The molecule has 1 atom stereocenters. The predicted molar refractivity (Wildman–Crippen MR) is 77.5 cm³/mol. The van der Waals surface area contributed by atoms with Crippen LogP contribution in [0.4, 0.5) is 5.69 Å². The summed E-state index contributed by atoms with van der Waals surface area (Å²) in [5, 5.41) is 6.73. The van der Waals surface area contributed by atoms with Crippen molar-refractivity contribution >= 4 is 35.6 Å². The third kappa shape index (κ3) is 4.48. The minimum Gasteiger partial charge on any atom is -0.325 e. The first kappa shape index (κ1) is 15.3. The number of rotatable bonds is 4. The molecule has 1 fully saturated rings. The van der Waals surface area contributed by atoms with Gasteiger partial charge in [-0.1, -0.05) is 23.7 Å². The van der Waals surface area contributed by atoms with Crippen molar-refractivity contribution in [2.75, 3.05) is 18.4 Å². The van der Waals surface area contributed by atoms with E-state index in [1.807, 2.05) is 18.2 Å². The van der Waals surface area contributed by atoms with E-state index in [-0.39, 0.29) is 18.3 Å². The average molecular weight is 289 g/mol. The van der Waals surface area contributed by atoms with Gasteiger partial charge in [0.05, 0.1) is 10.7 Å². The van der Waals surface area contributed by atoms with Crippen molar-refractivity contribution in [2.24, 2.45) is 5.92 Å². The molecule has 0 aromatic heterocycles. The molecule has 1 unspecified atom stereocenters. The van der Waals surface area contributed by atoms with E-state index in [2.05, 4.69) is 10.6 Å². The lowest BCUT2D eigenvalue weighted by molar-refractivity contribution is -0.116. The highest BCUT2D eigenvalue weighted by molar-refractivity contribution is 6.33. The van der Waals surface area contributed by atoms with Crippen LogP contribution in [0.3, 0.4) is 0 Å². The summed E-state index contributed by atoms with van der Waals surface area (Å²) in [7, 11) is 0. The zero-order valence-electron chi connectivity index (χ0n) is 10.1. The number of carbonyl (C=O) groups is 1. The number of para-hydroxylation sites is 1. The van der Waals surface area contributed by atoms with E-state index in [0.717, 1.165) is 19.5 Å². The number of hydrogen-bond acceptors (Lipinski definition) is 2. The second-order valence-corrected chi connectivity index (χ2v) is 4.83. The van der Waals surface area contributed by atoms with Crippen molar-refractivity contribution in [3.63, 3.8) is 0 Å². The topological polar surface area (TPSA) is 41.1 Å². The van der Waals surface area contributed by atoms with Crippen LogP contribution < -0.4 is 10.6 Å². The largest absolute Gasteiger partial charge is 0.325 e. The van der Waals surface area contributed by atoms with Gasteiger partial charge in [-0.25, -0.2) is 0 Å². The summed E-state index contributed by atoms with van der Waals surface area (Å²) in [6, 6.07) is 7.31. The zero-order chi connectivity index (χ0) is 12.1. The first-order chi connectivity index (χ1) is 8.25. The third-order valence-corrected chi connectivity index (χ3v) is 3.42. The Labute approximate surface area is 119 Å². The summed E-state index contributed by atoms with van der Waals surface area (Å²) in [5.74, 6) is 0.692. The van der Waals surface area contributed by atoms with Crippen molar-refractivity contribution in [1.29, 1.82) is 0 Å². The summed E-state index contributed by atoms with van der Waals surface area (Å²) >= 11 is 5.97. The highest BCUT2D eigenvalue weighted by atomic mass is 35.5. The summed E-state index contributed by atoms with van der Waals surface area (Å²) in [6.07, 6.45) is 2.69. The van der Waals surface area contributed by atoms with Crippen molar-refractivity contribution in [2.45, 2.75) is 19.3 Å². The first-order valence-corrected chi connectivity index (χ1v) is 6.38. The van der Waals surface area contributed by atoms with Gasteiger partial charge in [0.25, 0.3) is 0 Å². The maximum Gasteiger partial charge on any atom is 0.224 e. The Morgan fingerprint density at radius 3 is 2.89 bits per heavy atom. The number of hydrogen-bond donors (Lipinski definition) is 2. The Morgan fingerprint density at radius 2 is 2.22 bits per heavy atom. The lowest BCUT2D eigenvalue weighted by atomic mass is 10.0. The number of benzene rings is 1. The fourth-order valence-corrected chi connectivity index (χ4v) is 2.25. The van der Waals surface area contributed by atoms with E-state index in [9.17, 15) is 4.79 Å². The molecule has 2 N–H and O–H groups in total. The normalized spacial score (nSPS) is 18.2. The second kappa shape index (κ2) is 7.62. The van der Waals surface area contributed by atoms with Gasteiger partial charge in [-0.15, -0.1) is 12.4 Å². The van der Waals surface area contributed by atoms with Gasteiger partial charge in [-0.05, 0) is 44.0 Å². The summed E-state index contributed by atoms with van der Waals surface area (Å²) in [4.78, 5) is 11.7. The zero-order valence-corrected chi connectivity index (χ0v) is 11.7. The minimum absolute atomic E-state index is 0. The van der Waals surface area contributed by atoms with Gasteiger partial charge in [0.2, 0.25) is 5.91 Å². The average Bonchev–Trinajstić information content (AvgIpc) is 2.82. The number of amides is 1. The van der Waals surface area contributed by atoms with Crippen LogP contribution in [0, 0.1) is 5.92 Å². The van der Waals surface area contributed by atoms with Gasteiger partial charge in [-0.3, -0.25) is 4.79 Å². The van der Waals surface area contributed by atoms with Crippen LogP contribution in [-0.2, 0) is 4.79 Å².